The Balaban J connectivity index is 1.67. The molecule has 27 heavy (non-hydrogen) atoms. The molecule has 136 valence electrons. The van der Waals surface area contributed by atoms with E-state index < -0.39 is 0 Å². The van der Waals surface area contributed by atoms with Gasteiger partial charge in [-0.25, -0.2) is 0 Å². The fraction of sp³-hybridized carbons (Fsp3) is 0. The zero-order valence-corrected chi connectivity index (χ0v) is 16.9. The summed E-state index contributed by atoms with van der Waals surface area (Å²) in [6, 6.07) is 18.6. The predicted molar refractivity (Wildman–Crippen MR) is 113 cm³/mol. The van der Waals surface area contributed by atoms with Crippen molar-refractivity contribution in [3.05, 3.63) is 92.4 Å². The first-order valence-electron chi connectivity index (χ1n) is 7.86. The fourth-order valence-electron chi connectivity index (χ4n) is 2.35. The van der Waals surface area contributed by atoms with Crippen LogP contribution in [0.15, 0.2) is 71.2 Å². The van der Waals surface area contributed by atoms with Crippen molar-refractivity contribution in [1.29, 1.82) is 0 Å². The van der Waals surface area contributed by atoms with E-state index in [0.29, 0.717) is 32.0 Å². The lowest BCUT2D eigenvalue weighted by molar-refractivity contribution is 0.101. The van der Waals surface area contributed by atoms with E-state index in [0.717, 1.165) is 0 Å². The molecule has 0 saturated heterocycles. The summed E-state index contributed by atoms with van der Waals surface area (Å²) in [5, 5.41) is 6.30. The number of benzene rings is 3. The summed E-state index contributed by atoms with van der Waals surface area (Å²) in [6.07, 6.45) is 0. The number of anilines is 2. The Morgan fingerprint density at radius 2 is 1.30 bits per heavy atom. The van der Waals surface area contributed by atoms with Crippen LogP contribution in [0.4, 0.5) is 11.4 Å². The van der Waals surface area contributed by atoms with Gasteiger partial charge in [0.25, 0.3) is 11.8 Å². The number of carbonyl (C=O) groups excluding carboxylic acids is 2. The molecule has 7 heteroatoms. The van der Waals surface area contributed by atoms with Gasteiger partial charge in [-0.3, -0.25) is 9.59 Å². The highest BCUT2D eigenvalue weighted by atomic mass is 79.9. The molecule has 0 heterocycles. The van der Waals surface area contributed by atoms with Crippen LogP contribution in [0.25, 0.3) is 0 Å². The SMILES string of the molecule is O=C(Nc1ccc(NC(=O)c2ccccc2Br)cc1)c1ccc(Cl)cc1Cl. The van der Waals surface area contributed by atoms with Crippen LogP contribution in [0.2, 0.25) is 10.0 Å². The maximum atomic E-state index is 12.3. The van der Waals surface area contributed by atoms with E-state index in [1.807, 2.05) is 6.07 Å². The molecule has 0 unspecified atom stereocenters. The van der Waals surface area contributed by atoms with E-state index in [4.69, 9.17) is 23.2 Å². The molecule has 0 aliphatic rings. The van der Waals surface area contributed by atoms with Crippen molar-refractivity contribution in [1.82, 2.24) is 0 Å². The Bertz CT molecular complexity index is 1010. The molecule has 0 saturated carbocycles. The van der Waals surface area contributed by atoms with Gasteiger partial charge in [0, 0.05) is 20.9 Å². The summed E-state index contributed by atoms with van der Waals surface area (Å²) in [6.45, 7) is 0. The summed E-state index contributed by atoms with van der Waals surface area (Å²) in [5.41, 5.74) is 2.04. The summed E-state index contributed by atoms with van der Waals surface area (Å²) in [5.74, 6) is -0.575. The second-order valence-electron chi connectivity index (χ2n) is 5.59. The standard InChI is InChI=1S/C20H13BrCl2N2O2/c21-17-4-2-1-3-15(17)19(26)24-13-6-8-14(9-7-13)25-20(27)16-10-5-12(22)11-18(16)23/h1-11H,(H,24,26)(H,25,27). The van der Waals surface area contributed by atoms with Gasteiger partial charge in [-0.1, -0.05) is 35.3 Å². The summed E-state index contributed by atoms with van der Waals surface area (Å²) in [4.78, 5) is 24.6. The topological polar surface area (TPSA) is 58.2 Å². The highest BCUT2D eigenvalue weighted by molar-refractivity contribution is 9.10. The van der Waals surface area contributed by atoms with Crippen molar-refractivity contribution in [3.63, 3.8) is 0 Å². The molecule has 0 aliphatic heterocycles. The van der Waals surface area contributed by atoms with Gasteiger partial charge in [0.15, 0.2) is 0 Å². The Morgan fingerprint density at radius 3 is 1.85 bits per heavy atom. The molecule has 0 aliphatic carbocycles. The van der Waals surface area contributed by atoms with Crippen molar-refractivity contribution >= 4 is 62.3 Å². The molecule has 0 aromatic heterocycles. The van der Waals surface area contributed by atoms with Crippen molar-refractivity contribution < 1.29 is 9.59 Å². The highest BCUT2D eigenvalue weighted by Crippen LogP contribution is 2.23. The molecule has 0 fully saturated rings. The number of hydrogen-bond acceptors (Lipinski definition) is 2. The third-order valence-corrected chi connectivity index (χ3v) is 4.93. The van der Waals surface area contributed by atoms with Crippen LogP contribution in [0.3, 0.4) is 0 Å². The second kappa shape index (κ2) is 8.57. The van der Waals surface area contributed by atoms with E-state index in [-0.39, 0.29) is 16.8 Å². The lowest BCUT2D eigenvalue weighted by Crippen LogP contribution is -2.14. The minimum absolute atomic E-state index is 0.229. The van der Waals surface area contributed by atoms with Gasteiger partial charge in [0.1, 0.15) is 0 Å². The number of nitrogens with one attached hydrogen (secondary N) is 2. The maximum absolute atomic E-state index is 12.3. The average Bonchev–Trinajstić information content (AvgIpc) is 2.63. The van der Waals surface area contributed by atoms with Gasteiger partial charge in [-0.05, 0) is 70.5 Å². The number of amides is 2. The summed E-state index contributed by atoms with van der Waals surface area (Å²) >= 11 is 15.2. The van der Waals surface area contributed by atoms with E-state index in [1.165, 1.54) is 6.07 Å². The van der Waals surface area contributed by atoms with Crippen LogP contribution in [0.1, 0.15) is 20.7 Å². The molecule has 0 spiro atoms. The third-order valence-electron chi connectivity index (χ3n) is 3.69. The monoisotopic (exact) mass is 462 g/mol. The van der Waals surface area contributed by atoms with Crippen LogP contribution in [-0.4, -0.2) is 11.8 Å². The molecule has 3 aromatic carbocycles. The number of rotatable bonds is 4. The smallest absolute Gasteiger partial charge is 0.257 e. The zero-order valence-electron chi connectivity index (χ0n) is 13.8. The maximum Gasteiger partial charge on any atom is 0.257 e. The molecular formula is C20H13BrCl2N2O2. The van der Waals surface area contributed by atoms with Crippen LogP contribution in [0.5, 0.6) is 0 Å². The Hall–Kier alpha value is -2.34. The molecule has 3 aromatic rings. The largest absolute Gasteiger partial charge is 0.322 e. The molecule has 0 atom stereocenters. The van der Waals surface area contributed by atoms with Gasteiger partial charge >= 0.3 is 0 Å². The molecule has 4 nitrogen and oxygen atoms in total. The minimum Gasteiger partial charge on any atom is -0.322 e. The lowest BCUT2D eigenvalue weighted by atomic mass is 10.2. The van der Waals surface area contributed by atoms with E-state index in [1.54, 1.807) is 54.6 Å². The second-order valence-corrected chi connectivity index (χ2v) is 7.29. The Morgan fingerprint density at radius 1 is 0.741 bits per heavy atom. The van der Waals surface area contributed by atoms with Crippen LogP contribution in [-0.2, 0) is 0 Å². The molecule has 3 rings (SSSR count). The van der Waals surface area contributed by atoms with Gasteiger partial charge in [0.05, 0.1) is 16.1 Å². The van der Waals surface area contributed by atoms with Gasteiger partial charge in [-0.2, -0.15) is 0 Å². The van der Waals surface area contributed by atoms with Crippen molar-refractivity contribution in [3.8, 4) is 0 Å². The zero-order chi connectivity index (χ0) is 19.4. The van der Waals surface area contributed by atoms with E-state index in [2.05, 4.69) is 26.6 Å². The van der Waals surface area contributed by atoms with E-state index in [9.17, 15) is 9.59 Å². The first kappa shape index (κ1) is 19.4. The Labute approximate surface area is 174 Å². The van der Waals surface area contributed by atoms with E-state index >= 15 is 0 Å². The van der Waals surface area contributed by atoms with Gasteiger partial charge in [0.2, 0.25) is 0 Å². The number of halogens is 3. The summed E-state index contributed by atoms with van der Waals surface area (Å²) in [7, 11) is 0. The predicted octanol–water partition coefficient (Wildman–Crippen LogP) is 6.26. The summed E-state index contributed by atoms with van der Waals surface area (Å²) < 4.78 is 0.714. The van der Waals surface area contributed by atoms with Gasteiger partial charge < -0.3 is 10.6 Å². The highest BCUT2D eigenvalue weighted by Gasteiger charge is 2.12. The average molecular weight is 464 g/mol. The normalized spacial score (nSPS) is 10.3. The van der Waals surface area contributed by atoms with Crippen molar-refractivity contribution in [2.24, 2.45) is 0 Å². The minimum atomic E-state index is -0.346. The molecule has 0 radical (unpaired) electrons. The van der Waals surface area contributed by atoms with Crippen LogP contribution < -0.4 is 10.6 Å². The molecule has 2 N–H and O–H groups in total. The molecule has 2 amide bonds. The van der Waals surface area contributed by atoms with Crippen molar-refractivity contribution in [2.75, 3.05) is 10.6 Å². The van der Waals surface area contributed by atoms with Crippen LogP contribution in [0, 0.1) is 0 Å². The quantitative estimate of drug-likeness (QED) is 0.479. The van der Waals surface area contributed by atoms with Gasteiger partial charge in [-0.15, -0.1) is 0 Å². The molecule has 0 bridgehead atoms. The number of hydrogen-bond donors (Lipinski definition) is 2. The van der Waals surface area contributed by atoms with Crippen molar-refractivity contribution in [2.45, 2.75) is 0 Å². The lowest BCUT2D eigenvalue weighted by Gasteiger charge is -2.09. The third kappa shape index (κ3) is 4.89. The number of carbonyl (C=O) groups is 2. The first-order valence-corrected chi connectivity index (χ1v) is 9.41. The van der Waals surface area contributed by atoms with Crippen LogP contribution >= 0.6 is 39.1 Å². The molecular weight excluding hydrogens is 451 g/mol. The Kier molecular flexibility index (Phi) is 6.16. The fourth-order valence-corrected chi connectivity index (χ4v) is 3.31. The first-order chi connectivity index (χ1) is 12.9.